The number of hydrogen-bond donors (Lipinski definition) is 1. The smallest absolute Gasteiger partial charge is 0.187 e. The van der Waals surface area contributed by atoms with Gasteiger partial charge in [-0.05, 0) is 5.56 Å². The molecule has 0 bridgehead atoms. The number of nitrogens with two attached hydrogens (primary N) is 1. The summed E-state index contributed by atoms with van der Waals surface area (Å²) in [5, 5.41) is 0. The molecule has 0 radical (unpaired) electrons. The summed E-state index contributed by atoms with van der Waals surface area (Å²) in [6.45, 7) is 0. The zero-order valence-corrected chi connectivity index (χ0v) is 10.0. The maximum atomic E-state index is 11.9. The predicted molar refractivity (Wildman–Crippen MR) is 73.2 cm³/mol. The normalized spacial score (nSPS) is 11.2. The number of carbonyl (C=O) groups excluding carboxylic acids is 1. The largest absolute Gasteiger partial charge is 0.402 e. The Hall–Kier alpha value is -2.35. The summed E-state index contributed by atoms with van der Waals surface area (Å²) < 4.78 is 0. The Morgan fingerprint density at radius 3 is 2.11 bits per heavy atom. The van der Waals surface area contributed by atoms with Crippen LogP contribution >= 0.6 is 0 Å². The Labute approximate surface area is 107 Å². The van der Waals surface area contributed by atoms with Gasteiger partial charge in [-0.2, -0.15) is 0 Å². The van der Waals surface area contributed by atoms with Crippen molar-refractivity contribution in [2.24, 2.45) is 5.73 Å². The molecular weight excluding hydrogens is 222 g/mol. The molecule has 0 fully saturated rings. The molecule has 0 saturated carbocycles. The van der Waals surface area contributed by atoms with Crippen molar-refractivity contribution < 1.29 is 4.79 Å². The van der Waals surface area contributed by atoms with Gasteiger partial charge in [-0.1, -0.05) is 60.7 Å². The Morgan fingerprint density at radius 1 is 0.944 bits per heavy atom. The SMILES string of the molecule is N/C(=C/C(=O)c1ccccc1)Cc1ccccc1. The van der Waals surface area contributed by atoms with Crippen LogP contribution in [-0.4, -0.2) is 5.78 Å². The van der Waals surface area contributed by atoms with E-state index in [0.29, 0.717) is 17.7 Å². The quantitative estimate of drug-likeness (QED) is 0.656. The molecule has 90 valence electrons. The highest BCUT2D eigenvalue weighted by molar-refractivity contribution is 6.04. The first-order chi connectivity index (χ1) is 8.75. The average Bonchev–Trinajstić information content (AvgIpc) is 2.40. The first kappa shape index (κ1) is 12.1. The van der Waals surface area contributed by atoms with Crippen LogP contribution < -0.4 is 5.73 Å². The fourth-order valence-corrected chi connectivity index (χ4v) is 1.74. The molecule has 0 spiro atoms. The van der Waals surface area contributed by atoms with E-state index in [1.807, 2.05) is 48.5 Å². The van der Waals surface area contributed by atoms with Gasteiger partial charge in [0.15, 0.2) is 5.78 Å². The van der Waals surface area contributed by atoms with Gasteiger partial charge in [0, 0.05) is 23.8 Å². The zero-order chi connectivity index (χ0) is 12.8. The molecule has 0 atom stereocenters. The molecule has 18 heavy (non-hydrogen) atoms. The van der Waals surface area contributed by atoms with E-state index in [9.17, 15) is 4.79 Å². The van der Waals surface area contributed by atoms with Crippen LogP contribution in [0.15, 0.2) is 72.4 Å². The van der Waals surface area contributed by atoms with E-state index < -0.39 is 0 Å². The van der Waals surface area contributed by atoms with Crippen molar-refractivity contribution in [2.45, 2.75) is 6.42 Å². The fraction of sp³-hybridized carbons (Fsp3) is 0.0625. The second kappa shape index (κ2) is 5.82. The highest BCUT2D eigenvalue weighted by atomic mass is 16.1. The average molecular weight is 237 g/mol. The maximum Gasteiger partial charge on any atom is 0.187 e. The Balaban J connectivity index is 2.07. The van der Waals surface area contributed by atoms with Crippen LogP contribution in [0, 0.1) is 0 Å². The van der Waals surface area contributed by atoms with Crippen molar-refractivity contribution in [2.75, 3.05) is 0 Å². The van der Waals surface area contributed by atoms with Crippen LogP contribution in [0.4, 0.5) is 0 Å². The molecule has 0 aliphatic carbocycles. The summed E-state index contributed by atoms with van der Waals surface area (Å²) >= 11 is 0. The van der Waals surface area contributed by atoms with E-state index in [-0.39, 0.29) is 5.78 Å². The molecule has 0 aliphatic rings. The molecule has 2 heteroatoms. The van der Waals surface area contributed by atoms with Gasteiger partial charge < -0.3 is 5.73 Å². The lowest BCUT2D eigenvalue weighted by Gasteiger charge is -2.02. The number of ketones is 1. The lowest BCUT2D eigenvalue weighted by atomic mass is 10.1. The van der Waals surface area contributed by atoms with E-state index in [0.717, 1.165) is 5.56 Å². The molecule has 0 aliphatic heterocycles. The first-order valence-electron chi connectivity index (χ1n) is 5.85. The van der Waals surface area contributed by atoms with Crippen LogP contribution in [0.5, 0.6) is 0 Å². The molecule has 0 heterocycles. The number of carbonyl (C=O) groups is 1. The highest BCUT2D eigenvalue weighted by Crippen LogP contribution is 2.06. The van der Waals surface area contributed by atoms with Gasteiger partial charge in [-0.3, -0.25) is 4.79 Å². The van der Waals surface area contributed by atoms with Crippen molar-refractivity contribution in [1.29, 1.82) is 0 Å². The summed E-state index contributed by atoms with van der Waals surface area (Å²) in [6.07, 6.45) is 2.10. The van der Waals surface area contributed by atoms with E-state index >= 15 is 0 Å². The standard InChI is InChI=1S/C16H15NO/c17-15(11-13-7-3-1-4-8-13)12-16(18)14-9-5-2-6-10-14/h1-10,12H,11,17H2/b15-12+. The summed E-state index contributed by atoms with van der Waals surface area (Å²) in [5.74, 6) is -0.0518. The molecule has 2 N–H and O–H groups in total. The molecule has 0 amide bonds. The molecule has 2 nitrogen and oxygen atoms in total. The van der Waals surface area contributed by atoms with Crippen molar-refractivity contribution in [3.05, 3.63) is 83.6 Å². The molecular formula is C16H15NO. The topological polar surface area (TPSA) is 43.1 Å². The van der Waals surface area contributed by atoms with Crippen molar-refractivity contribution in [3.63, 3.8) is 0 Å². The highest BCUT2D eigenvalue weighted by Gasteiger charge is 2.02. The molecule has 0 saturated heterocycles. The van der Waals surface area contributed by atoms with Crippen molar-refractivity contribution in [1.82, 2.24) is 0 Å². The van der Waals surface area contributed by atoms with Gasteiger partial charge >= 0.3 is 0 Å². The molecule has 2 aromatic carbocycles. The number of allylic oxidation sites excluding steroid dienone is 2. The third kappa shape index (κ3) is 3.32. The van der Waals surface area contributed by atoms with Gasteiger partial charge in [0.2, 0.25) is 0 Å². The van der Waals surface area contributed by atoms with Crippen LogP contribution in [0.2, 0.25) is 0 Å². The summed E-state index contributed by atoms with van der Waals surface area (Å²) in [6, 6.07) is 19.0. The first-order valence-corrected chi connectivity index (χ1v) is 5.85. The molecule has 2 aromatic rings. The minimum absolute atomic E-state index is 0.0518. The molecule has 0 aromatic heterocycles. The van der Waals surface area contributed by atoms with Crippen LogP contribution in [-0.2, 0) is 6.42 Å². The third-order valence-corrected chi connectivity index (χ3v) is 2.63. The third-order valence-electron chi connectivity index (χ3n) is 2.63. The van der Waals surface area contributed by atoms with E-state index in [1.165, 1.54) is 6.08 Å². The van der Waals surface area contributed by atoms with Gasteiger partial charge in [0.05, 0.1) is 0 Å². The fourth-order valence-electron chi connectivity index (χ4n) is 1.74. The van der Waals surface area contributed by atoms with Gasteiger partial charge in [-0.25, -0.2) is 0 Å². The lowest BCUT2D eigenvalue weighted by molar-refractivity contribution is 0.104. The minimum Gasteiger partial charge on any atom is -0.402 e. The summed E-state index contributed by atoms with van der Waals surface area (Å²) in [4.78, 5) is 11.9. The summed E-state index contributed by atoms with van der Waals surface area (Å²) in [5.41, 5.74) is 8.23. The van der Waals surface area contributed by atoms with E-state index in [4.69, 9.17) is 5.73 Å². The van der Waals surface area contributed by atoms with Crippen molar-refractivity contribution >= 4 is 5.78 Å². The van der Waals surface area contributed by atoms with Crippen molar-refractivity contribution in [3.8, 4) is 0 Å². The lowest BCUT2D eigenvalue weighted by Crippen LogP contribution is -2.05. The van der Waals surface area contributed by atoms with Crippen LogP contribution in [0.3, 0.4) is 0 Å². The Morgan fingerprint density at radius 2 is 1.50 bits per heavy atom. The Bertz CT molecular complexity index is 544. The van der Waals surface area contributed by atoms with Crippen LogP contribution in [0.25, 0.3) is 0 Å². The maximum absolute atomic E-state index is 11.9. The number of benzene rings is 2. The number of hydrogen-bond acceptors (Lipinski definition) is 2. The number of rotatable bonds is 4. The summed E-state index contributed by atoms with van der Waals surface area (Å²) in [7, 11) is 0. The monoisotopic (exact) mass is 237 g/mol. The van der Waals surface area contributed by atoms with Gasteiger partial charge in [0.25, 0.3) is 0 Å². The van der Waals surface area contributed by atoms with E-state index in [2.05, 4.69) is 0 Å². The van der Waals surface area contributed by atoms with Gasteiger partial charge in [0.1, 0.15) is 0 Å². The van der Waals surface area contributed by atoms with Crippen LogP contribution in [0.1, 0.15) is 15.9 Å². The predicted octanol–water partition coefficient (Wildman–Crippen LogP) is 2.95. The van der Waals surface area contributed by atoms with Gasteiger partial charge in [-0.15, -0.1) is 0 Å². The second-order valence-corrected chi connectivity index (χ2v) is 4.11. The molecule has 0 unspecified atom stereocenters. The minimum atomic E-state index is -0.0518. The molecule has 2 rings (SSSR count). The zero-order valence-electron chi connectivity index (χ0n) is 10.0. The van der Waals surface area contributed by atoms with E-state index in [1.54, 1.807) is 12.1 Å². The second-order valence-electron chi connectivity index (χ2n) is 4.11. The Kier molecular flexibility index (Phi) is 3.92.